The lowest BCUT2D eigenvalue weighted by Crippen LogP contribution is -2.33. The monoisotopic (exact) mass is 368 g/mol. The van der Waals surface area contributed by atoms with Gasteiger partial charge in [0.2, 0.25) is 0 Å². The standard InChI is InChI=1S/C16H21ClN4O4/c17-11-5-9(19-8-3-1-2-4-8)12-15(20-11)21(7-18-12)16-14(24)13(23)10(6-22)25-16/h5,7-8,10,13-14,16,22-24H,1-4,6H2,(H,19,20)/t10-,13?,14?,16-/m1/s1. The number of rotatable bonds is 4. The van der Waals surface area contributed by atoms with E-state index in [0.29, 0.717) is 22.4 Å². The first-order valence-corrected chi connectivity index (χ1v) is 8.88. The highest BCUT2D eigenvalue weighted by Gasteiger charge is 2.44. The van der Waals surface area contributed by atoms with Gasteiger partial charge in [-0.05, 0) is 12.8 Å². The first-order chi connectivity index (χ1) is 12.1. The molecule has 4 N–H and O–H groups in total. The van der Waals surface area contributed by atoms with Crippen LogP contribution in [0.15, 0.2) is 12.4 Å². The van der Waals surface area contributed by atoms with Gasteiger partial charge in [0.15, 0.2) is 11.9 Å². The van der Waals surface area contributed by atoms with E-state index in [1.54, 1.807) is 10.6 Å². The van der Waals surface area contributed by atoms with E-state index in [1.807, 2.05) is 0 Å². The van der Waals surface area contributed by atoms with Gasteiger partial charge in [0.05, 0.1) is 18.6 Å². The van der Waals surface area contributed by atoms with E-state index in [9.17, 15) is 15.3 Å². The van der Waals surface area contributed by atoms with Crippen molar-refractivity contribution in [2.75, 3.05) is 11.9 Å². The third kappa shape index (κ3) is 2.98. The van der Waals surface area contributed by atoms with Gasteiger partial charge >= 0.3 is 0 Å². The smallest absolute Gasteiger partial charge is 0.165 e. The van der Waals surface area contributed by atoms with Crippen molar-refractivity contribution < 1.29 is 20.1 Å². The van der Waals surface area contributed by atoms with Gasteiger partial charge in [-0.2, -0.15) is 0 Å². The maximum atomic E-state index is 10.2. The SMILES string of the molecule is OC[C@H]1O[C@@H](n2cnc3c(NC4CCCC4)cc(Cl)nc32)C(O)C1O. The van der Waals surface area contributed by atoms with Crippen LogP contribution in [0, 0.1) is 0 Å². The van der Waals surface area contributed by atoms with Crippen LogP contribution < -0.4 is 5.32 Å². The van der Waals surface area contributed by atoms with E-state index in [4.69, 9.17) is 16.3 Å². The predicted octanol–water partition coefficient (Wildman–Crippen LogP) is 1.05. The Kier molecular flexibility index (Phi) is 4.55. The number of nitrogens with one attached hydrogen (secondary N) is 1. The van der Waals surface area contributed by atoms with E-state index in [-0.39, 0.29) is 6.61 Å². The molecule has 2 unspecified atom stereocenters. The Balaban J connectivity index is 1.70. The fraction of sp³-hybridized carbons (Fsp3) is 0.625. The van der Waals surface area contributed by atoms with Crippen LogP contribution in [0.25, 0.3) is 11.2 Å². The summed E-state index contributed by atoms with van der Waals surface area (Å²) >= 11 is 6.18. The zero-order valence-corrected chi connectivity index (χ0v) is 14.3. The number of hydrogen-bond donors (Lipinski definition) is 4. The summed E-state index contributed by atoms with van der Waals surface area (Å²) in [7, 11) is 0. The highest BCUT2D eigenvalue weighted by atomic mass is 35.5. The van der Waals surface area contributed by atoms with Gasteiger partial charge in [0.25, 0.3) is 0 Å². The summed E-state index contributed by atoms with van der Waals surface area (Å²) in [5.41, 5.74) is 1.89. The molecule has 9 heteroatoms. The molecule has 3 heterocycles. The van der Waals surface area contributed by atoms with Gasteiger partial charge in [-0.25, -0.2) is 9.97 Å². The molecule has 2 fully saturated rings. The number of fused-ring (bicyclic) bond motifs is 1. The highest BCUT2D eigenvalue weighted by Crippen LogP contribution is 2.34. The number of aliphatic hydroxyl groups excluding tert-OH is 3. The molecule has 0 radical (unpaired) electrons. The second-order valence-electron chi connectivity index (χ2n) is 6.67. The number of anilines is 1. The largest absolute Gasteiger partial charge is 0.394 e. The molecule has 2 aliphatic rings. The van der Waals surface area contributed by atoms with Crippen LogP contribution in [-0.4, -0.2) is 60.8 Å². The molecule has 25 heavy (non-hydrogen) atoms. The zero-order valence-electron chi connectivity index (χ0n) is 13.5. The van der Waals surface area contributed by atoms with Crippen LogP contribution >= 0.6 is 11.6 Å². The van der Waals surface area contributed by atoms with E-state index in [0.717, 1.165) is 18.5 Å². The predicted molar refractivity (Wildman–Crippen MR) is 91.4 cm³/mol. The molecule has 1 aliphatic heterocycles. The van der Waals surface area contributed by atoms with Gasteiger partial charge in [0.1, 0.15) is 29.0 Å². The van der Waals surface area contributed by atoms with Crippen LogP contribution in [0.3, 0.4) is 0 Å². The summed E-state index contributed by atoms with van der Waals surface area (Å²) in [6.45, 7) is -0.385. The van der Waals surface area contributed by atoms with Crippen molar-refractivity contribution in [1.82, 2.24) is 14.5 Å². The van der Waals surface area contributed by atoms with Crippen LogP contribution in [-0.2, 0) is 4.74 Å². The van der Waals surface area contributed by atoms with Gasteiger partial charge in [-0.1, -0.05) is 24.4 Å². The molecular formula is C16H21ClN4O4. The van der Waals surface area contributed by atoms with Gasteiger partial charge in [0, 0.05) is 12.1 Å². The Bertz CT molecular complexity index is 764. The summed E-state index contributed by atoms with van der Waals surface area (Å²) in [6.07, 6.45) is 2.02. The topological polar surface area (TPSA) is 113 Å². The summed E-state index contributed by atoms with van der Waals surface area (Å²) < 4.78 is 7.12. The van der Waals surface area contributed by atoms with E-state index < -0.39 is 24.5 Å². The van der Waals surface area contributed by atoms with Crippen molar-refractivity contribution in [2.45, 2.75) is 56.3 Å². The van der Waals surface area contributed by atoms with Crippen LogP contribution in [0.5, 0.6) is 0 Å². The molecule has 0 bridgehead atoms. The van der Waals surface area contributed by atoms with Gasteiger partial charge in [-0.15, -0.1) is 0 Å². The molecule has 4 rings (SSSR count). The molecule has 0 spiro atoms. The van der Waals surface area contributed by atoms with Crippen molar-refractivity contribution in [3.63, 3.8) is 0 Å². The van der Waals surface area contributed by atoms with E-state index in [2.05, 4.69) is 15.3 Å². The number of halogens is 1. The number of pyridine rings is 1. The minimum atomic E-state index is -1.19. The molecule has 0 aromatic carbocycles. The van der Waals surface area contributed by atoms with Crippen molar-refractivity contribution in [3.8, 4) is 0 Å². The Morgan fingerprint density at radius 3 is 2.72 bits per heavy atom. The maximum absolute atomic E-state index is 10.2. The Labute approximate surface area is 149 Å². The molecule has 2 aromatic rings. The van der Waals surface area contributed by atoms with Crippen molar-refractivity contribution >= 4 is 28.5 Å². The normalized spacial score (nSPS) is 30.4. The quantitative estimate of drug-likeness (QED) is 0.596. The third-order valence-electron chi connectivity index (χ3n) is 5.00. The third-order valence-corrected chi connectivity index (χ3v) is 5.20. The lowest BCUT2D eigenvalue weighted by atomic mass is 10.1. The second-order valence-corrected chi connectivity index (χ2v) is 7.06. The number of nitrogens with zero attached hydrogens (tertiary/aromatic N) is 3. The number of aliphatic hydroxyl groups is 3. The van der Waals surface area contributed by atoms with Gasteiger partial charge in [-0.3, -0.25) is 4.57 Å². The molecule has 2 aromatic heterocycles. The minimum absolute atomic E-state index is 0.307. The molecule has 136 valence electrons. The highest BCUT2D eigenvalue weighted by molar-refractivity contribution is 6.30. The number of ether oxygens (including phenoxy) is 1. The maximum Gasteiger partial charge on any atom is 0.165 e. The molecule has 1 saturated heterocycles. The number of imidazole rings is 1. The number of hydrogen-bond acceptors (Lipinski definition) is 7. The summed E-state index contributed by atoms with van der Waals surface area (Å²) in [5.74, 6) is 0. The second kappa shape index (κ2) is 6.69. The average Bonchev–Trinajstić information content (AvgIpc) is 3.29. The fourth-order valence-corrected chi connectivity index (χ4v) is 3.86. The van der Waals surface area contributed by atoms with E-state index in [1.165, 1.54) is 19.2 Å². The Hall–Kier alpha value is -1.45. The van der Waals surface area contributed by atoms with Crippen LogP contribution in [0.2, 0.25) is 5.15 Å². The molecule has 1 saturated carbocycles. The van der Waals surface area contributed by atoms with Crippen molar-refractivity contribution in [1.29, 1.82) is 0 Å². The molecule has 1 aliphatic carbocycles. The lowest BCUT2D eigenvalue weighted by molar-refractivity contribution is -0.0511. The summed E-state index contributed by atoms with van der Waals surface area (Å²) in [5, 5.41) is 33.3. The van der Waals surface area contributed by atoms with Gasteiger partial charge < -0.3 is 25.4 Å². The zero-order chi connectivity index (χ0) is 17.6. The average molecular weight is 369 g/mol. The minimum Gasteiger partial charge on any atom is -0.394 e. The number of aromatic nitrogens is 3. The molecule has 8 nitrogen and oxygen atoms in total. The van der Waals surface area contributed by atoms with Crippen LogP contribution in [0.4, 0.5) is 5.69 Å². The lowest BCUT2D eigenvalue weighted by Gasteiger charge is -2.17. The Morgan fingerprint density at radius 2 is 2.04 bits per heavy atom. The van der Waals surface area contributed by atoms with Crippen LogP contribution in [0.1, 0.15) is 31.9 Å². The molecule has 0 amide bonds. The molecule has 4 atom stereocenters. The fourth-order valence-electron chi connectivity index (χ4n) is 3.67. The van der Waals surface area contributed by atoms with Crippen molar-refractivity contribution in [3.05, 3.63) is 17.5 Å². The van der Waals surface area contributed by atoms with Crippen molar-refractivity contribution in [2.24, 2.45) is 0 Å². The first kappa shape index (κ1) is 17.0. The summed E-state index contributed by atoms with van der Waals surface area (Å²) in [4.78, 5) is 8.72. The van der Waals surface area contributed by atoms with E-state index >= 15 is 0 Å². The Morgan fingerprint density at radius 1 is 1.28 bits per heavy atom. The summed E-state index contributed by atoms with van der Waals surface area (Å²) in [6, 6.07) is 2.14. The first-order valence-electron chi connectivity index (χ1n) is 8.50. The molecular weight excluding hydrogens is 348 g/mol.